The third-order valence-electron chi connectivity index (χ3n) is 4.90. The van der Waals surface area contributed by atoms with Gasteiger partial charge in [0.05, 0.1) is 24.3 Å². The van der Waals surface area contributed by atoms with Crippen molar-refractivity contribution in [3.63, 3.8) is 0 Å². The van der Waals surface area contributed by atoms with E-state index in [9.17, 15) is 9.18 Å². The second kappa shape index (κ2) is 5.41. The topological polar surface area (TPSA) is 29.5 Å². The molecule has 3 nitrogen and oxygen atoms in total. The molecule has 2 heterocycles. The van der Waals surface area contributed by atoms with Crippen molar-refractivity contribution in [2.75, 3.05) is 19.7 Å². The van der Waals surface area contributed by atoms with E-state index < -0.39 is 5.82 Å². The Morgan fingerprint density at radius 3 is 3.00 bits per heavy atom. The van der Waals surface area contributed by atoms with E-state index in [2.05, 4.69) is 6.92 Å². The van der Waals surface area contributed by atoms with E-state index in [-0.39, 0.29) is 17.1 Å². The van der Waals surface area contributed by atoms with E-state index in [4.69, 9.17) is 4.74 Å². The summed E-state index contributed by atoms with van der Waals surface area (Å²) in [6.07, 6.45) is 2.99. The van der Waals surface area contributed by atoms with E-state index in [1.807, 2.05) is 0 Å². The van der Waals surface area contributed by atoms with Crippen molar-refractivity contribution in [1.82, 2.24) is 4.90 Å². The van der Waals surface area contributed by atoms with Gasteiger partial charge in [0.1, 0.15) is 5.82 Å². The number of rotatable bonds is 2. The van der Waals surface area contributed by atoms with Crippen LogP contribution in [0.5, 0.6) is 0 Å². The summed E-state index contributed by atoms with van der Waals surface area (Å²) in [5.41, 5.74) is 0.717. The lowest BCUT2D eigenvalue weighted by atomic mass is 9.92. The van der Waals surface area contributed by atoms with Crippen LogP contribution in [0.4, 0.5) is 4.39 Å². The molecule has 1 spiro atoms. The van der Waals surface area contributed by atoms with Gasteiger partial charge in [-0.1, -0.05) is 25.5 Å². The minimum atomic E-state index is -0.431. The molecule has 1 aromatic carbocycles. The second-order valence-corrected chi connectivity index (χ2v) is 6.38. The Kier molecular flexibility index (Phi) is 3.74. The first-order chi connectivity index (χ1) is 10.0. The molecule has 1 aromatic rings. The van der Waals surface area contributed by atoms with Gasteiger partial charge in [0.2, 0.25) is 0 Å². The Labute approximate surface area is 125 Å². The third-order valence-corrected chi connectivity index (χ3v) is 4.90. The summed E-state index contributed by atoms with van der Waals surface area (Å²) in [5.74, 6) is -0.0407. The van der Waals surface area contributed by atoms with Crippen molar-refractivity contribution in [3.8, 4) is 0 Å². The summed E-state index contributed by atoms with van der Waals surface area (Å²) in [5, 5.41) is 0. The third kappa shape index (κ3) is 2.57. The number of carbonyl (C=O) groups is 1. The Morgan fingerprint density at radius 1 is 1.52 bits per heavy atom. The number of likely N-dealkylation sites (tertiary alicyclic amines) is 1. The number of amides is 1. The normalized spacial score (nSPS) is 28.5. The summed E-state index contributed by atoms with van der Waals surface area (Å²) >= 11 is 0. The van der Waals surface area contributed by atoms with Crippen LogP contribution in [0, 0.1) is 18.7 Å². The molecule has 2 fully saturated rings. The van der Waals surface area contributed by atoms with Gasteiger partial charge in [0, 0.05) is 6.54 Å². The van der Waals surface area contributed by atoms with Crippen LogP contribution in [0.15, 0.2) is 18.2 Å². The molecule has 2 unspecified atom stereocenters. The highest BCUT2D eigenvalue weighted by Crippen LogP contribution is 2.39. The van der Waals surface area contributed by atoms with Gasteiger partial charge in [0.15, 0.2) is 0 Å². The number of hydrogen-bond donors (Lipinski definition) is 0. The lowest BCUT2D eigenvalue weighted by Gasteiger charge is -2.24. The molecule has 0 N–H and O–H groups in total. The molecule has 0 saturated carbocycles. The number of halogens is 1. The number of ether oxygens (including phenoxy) is 1. The summed E-state index contributed by atoms with van der Waals surface area (Å²) < 4.78 is 20.0. The van der Waals surface area contributed by atoms with Crippen LogP contribution < -0.4 is 0 Å². The first-order valence-electron chi connectivity index (χ1n) is 7.73. The van der Waals surface area contributed by atoms with Crippen LogP contribution >= 0.6 is 0 Å². The average molecular weight is 291 g/mol. The van der Waals surface area contributed by atoms with Crippen molar-refractivity contribution in [1.29, 1.82) is 0 Å². The van der Waals surface area contributed by atoms with Gasteiger partial charge in [-0.25, -0.2) is 4.39 Å². The van der Waals surface area contributed by atoms with Gasteiger partial charge in [-0.2, -0.15) is 0 Å². The number of carbonyl (C=O) groups excluding carboxylic acids is 1. The van der Waals surface area contributed by atoms with Crippen LogP contribution in [0.25, 0.3) is 0 Å². The number of nitrogens with zero attached hydrogens (tertiary/aromatic N) is 1. The molecule has 1 amide bonds. The predicted molar refractivity (Wildman–Crippen MR) is 78.7 cm³/mol. The Balaban J connectivity index is 1.76. The Hall–Kier alpha value is -1.42. The largest absolute Gasteiger partial charge is 0.373 e. The summed E-state index contributed by atoms with van der Waals surface area (Å²) in [6.45, 7) is 5.99. The Bertz CT molecular complexity index is 539. The van der Waals surface area contributed by atoms with Crippen LogP contribution in [0.3, 0.4) is 0 Å². The zero-order valence-electron chi connectivity index (χ0n) is 12.7. The minimum absolute atomic E-state index is 0.185. The fourth-order valence-electron chi connectivity index (χ4n) is 3.56. The highest BCUT2D eigenvalue weighted by Gasteiger charge is 2.46. The quantitative estimate of drug-likeness (QED) is 0.837. The van der Waals surface area contributed by atoms with Crippen LogP contribution in [0.2, 0.25) is 0 Å². The molecule has 2 aliphatic heterocycles. The molecule has 0 aliphatic carbocycles. The first-order valence-corrected chi connectivity index (χ1v) is 7.73. The predicted octanol–water partition coefficient (Wildman–Crippen LogP) is 3.17. The molecule has 0 radical (unpaired) electrons. The maximum absolute atomic E-state index is 14.0. The molecule has 3 rings (SSSR count). The molecule has 114 valence electrons. The lowest BCUT2D eigenvalue weighted by Crippen LogP contribution is -2.36. The highest BCUT2D eigenvalue weighted by molar-refractivity contribution is 5.96. The number of benzene rings is 1. The van der Waals surface area contributed by atoms with Crippen LogP contribution in [-0.4, -0.2) is 36.1 Å². The van der Waals surface area contributed by atoms with E-state index in [0.29, 0.717) is 24.6 Å². The minimum Gasteiger partial charge on any atom is -0.373 e. The van der Waals surface area contributed by atoms with Gasteiger partial charge in [-0.05, 0) is 37.3 Å². The zero-order chi connectivity index (χ0) is 15.0. The fraction of sp³-hybridized carbons (Fsp3) is 0.588. The van der Waals surface area contributed by atoms with Gasteiger partial charge >= 0.3 is 0 Å². The molecule has 0 bridgehead atoms. The van der Waals surface area contributed by atoms with E-state index in [1.165, 1.54) is 6.07 Å². The molecular weight excluding hydrogens is 269 g/mol. The second-order valence-electron chi connectivity index (χ2n) is 6.38. The summed E-state index contributed by atoms with van der Waals surface area (Å²) in [7, 11) is 0. The van der Waals surface area contributed by atoms with Crippen molar-refractivity contribution in [2.24, 2.45) is 5.92 Å². The monoisotopic (exact) mass is 291 g/mol. The maximum atomic E-state index is 14.0. The van der Waals surface area contributed by atoms with Crippen molar-refractivity contribution < 1.29 is 13.9 Å². The van der Waals surface area contributed by atoms with E-state index >= 15 is 0 Å². The first kappa shape index (κ1) is 14.5. The molecule has 21 heavy (non-hydrogen) atoms. The summed E-state index contributed by atoms with van der Waals surface area (Å²) in [4.78, 5) is 14.4. The van der Waals surface area contributed by atoms with Crippen LogP contribution in [-0.2, 0) is 4.74 Å². The molecule has 2 aliphatic rings. The smallest absolute Gasteiger partial charge is 0.257 e. The SMILES string of the molecule is CCC1COC2(CCN(C(=O)c3c(C)cccc3F)C2)C1. The van der Waals surface area contributed by atoms with Crippen molar-refractivity contribution >= 4 is 5.91 Å². The highest BCUT2D eigenvalue weighted by atomic mass is 19.1. The summed E-state index contributed by atoms with van der Waals surface area (Å²) in [6, 6.07) is 4.77. The molecular formula is C17H22FNO2. The standard InChI is InChI=1S/C17H22FNO2/c1-3-13-9-17(21-10-13)7-8-19(11-17)16(20)15-12(2)5-4-6-14(15)18/h4-6,13H,3,7-11H2,1-2H3. The average Bonchev–Trinajstić information content (AvgIpc) is 3.06. The van der Waals surface area contributed by atoms with Crippen molar-refractivity contribution in [2.45, 2.75) is 38.7 Å². The van der Waals surface area contributed by atoms with Gasteiger partial charge < -0.3 is 9.64 Å². The zero-order valence-corrected chi connectivity index (χ0v) is 12.7. The van der Waals surface area contributed by atoms with Gasteiger partial charge in [-0.3, -0.25) is 4.79 Å². The fourth-order valence-corrected chi connectivity index (χ4v) is 3.56. The van der Waals surface area contributed by atoms with E-state index in [1.54, 1.807) is 24.0 Å². The molecule has 2 atom stereocenters. The van der Waals surface area contributed by atoms with Gasteiger partial charge in [0.25, 0.3) is 5.91 Å². The van der Waals surface area contributed by atoms with Gasteiger partial charge in [-0.15, -0.1) is 0 Å². The Morgan fingerprint density at radius 2 is 2.33 bits per heavy atom. The van der Waals surface area contributed by atoms with Crippen LogP contribution in [0.1, 0.15) is 42.1 Å². The molecule has 2 saturated heterocycles. The molecule has 0 aromatic heterocycles. The van der Waals surface area contributed by atoms with Crippen molar-refractivity contribution in [3.05, 3.63) is 35.1 Å². The number of hydrogen-bond acceptors (Lipinski definition) is 2. The maximum Gasteiger partial charge on any atom is 0.257 e. The molecule has 4 heteroatoms. The lowest BCUT2D eigenvalue weighted by molar-refractivity contribution is 0.0115. The van der Waals surface area contributed by atoms with E-state index in [0.717, 1.165) is 25.9 Å². The number of aryl methyl sites for hydroxylation is 1.